The van der Waals surface area contributed by atoms with Crippen LogP contribution in [0.1, 0.15) is 36.7 Å². The summed E-state index contributed by atoms with van der Waals surface area (Å²) in [7, 11) is 1.88. The smallest absolute Gasteiger partial charge is 0.140 e. The number of hydrogen-bond acceptors (Lipinski definition) is 4. The molecule has 0 saturated heterocycles. The van der Waals surface area contributed by atoms with Crippen LogP contribution in [0.25, 0.3) is 0 Å². The summed E-state index contributed by atoms with van der Waals surface area (Å²) in [6, 6.07) is 9.62. The van der Waals surface area contributed by atoms with E-state index in [2.05, 4.69) is 16.0 Å². The molecule has 2 aromatic rings. The van der Waals surface area contributed by atoms with Gasteiger partial charge in [-0.15, -0.1) is 0 Å². The van der Waals surface area contributed by atoms with Gasteiger partial charge in [0.1, 0.15) is 22.9 Å². The Morgan fingerprint density at radius 1 is 1.24 bits per heavy atom. The third-order valence-electron chi connectivity index (χ3n) is 3.30. The van der Waals surface area contributed by atoms with E-state index in [0.29, 0.717) is 16.5 Å². The number of rotatable bonds is 3. The Morgan fingerprint density at radius 2 is 1.90 bits per heavy atom. The van der Waals surface area contributed by atoms with Crippen molar-refractivity contribution in [2.24, 2.45) is 0 Å². The Bertz CT molecular complexity index is 704. The fraction of sp³-hybridized carbons (Fsp3) is 0.312. The zero-order valence-electron chi connectivity index (χ0n) is 12.6. The lowest BCUT2D eigenvalue weighted by atomic mass is 10.1. The van der Waals surface area contributed by atoms with Gasteiger partial charge in [-0.2, -0.15) is 5.26 Å². The van der Waals surface area contributed by atoms with Gasteiger partial charge in [0.25, 0.3) is 0 Å². The van der Waals surface area contributed by atoms with Crippen LogP contribution in [0.4, 0.5) is 11.5 Å². The molecule has 21 heavy (non-hydrogen) atoms. The van der Waals surface area contributed by atoms with Gasteiger partial charge < -0.3 is 4.90 Å². The highest BCUT2D eigenvalue weighted by molar-refractivity contribution is 6.30. The predicted molar refractivity (Wildman–Crippen MR) is 85.1 cm³/mol. The van der Waals surface area contributed by atoms with E-state index in [-0.39, 0.29) is 5.92 Å². The van der Waals surface area contributed by atoms with Crippen molar-refractivity contribution < 1.29 is 0 Å². The van der Waals surface area contributed by atoms with Gasteiger partial charge in [0.2, 0.25) is 0 Å². The second-order valence-corrected chi connectivity index (χ2v) is 5.52. The molecule has 1 aromatic heterocycles. The van der Waals surface area contributed by atoms with Crippen LogP contribution in [-0.4, -0.2) is 17.0 Å². The van der Waals surface area contributed by atoms with Crippen molar-refractivity contribution in [2.45, 2.75) is 26.7 Å². The van der Waals surface area contributed by atoms with Crippen molar-refractivity contribution in [3.05, 3.63) is 46.4 Å². The standard InChI is InChI=1S/C16H17ClN4/c1-10(2)15-19-14(17)11(3)16(20-15)21(4)13-8-6-5-7-12(13)9-18/h5-8,10H,1-4H3. The summed E-state index contributed by atoms with van der Waals surface area (Å²) in [5.74, 6) is 1.60. The molecule has 0 atom stereocenters. The SMILES string of the molecule is Cc1c(Cl)nc(C(C)C)nc1N(C)c1ccccc1C#N. The molecule has 2 rings (SSSR count). The van der Waals surface area contributed by atoms with Gasteiger partial charge in [-0.05, 0) is 19.1 Å². The van der Waals surface area contributed by atoms with Crippen LogP contribution in [0.15, 0.2) is 24.3 Å². The van der Waals surface area contributed by atoms with E-state index < -0.39 is 0 Å². The fourth-order valence-corrected chi connectivity index (χ4v) is 2.22. The zero-order valence-corrected chi connectivity index (χ0v) is 13.3. The van der Waals surface area contributed by atoms with Gasteiger partial charge in [0.05, 0.1) is 11.3 Å². The molecular weight excluding hydrogens is 284 g/mol. The minimum Gasteiger partial charge on any atom is -0.328 e. The first kappa shape index (κ1) is 15.3. The normalized spacial score (nSPS) is 10.5. The van der Waals surface area contributed by atoms with E-state index in [1.165, 1.54) is 0 Å². The molecule has 0 radical (unpaired) electrons. The van der Waals surface area contributed by atoms with E-state index in [1.54, 1.807) is 6.07 Å². The summed E-state index contributed by atoms with van der Waals surface area (Å²) in [5.41, 5.74) is 2.20. The van der Waals surface area contributed by atoms with Crippen LogP contribution in [0.5, 0.6) is 0 Å². The molecule has 4 nitrogen and oxygen atoms in total. The largest absolute Gasteiger partial charge is 0.328 e. The molecular formula is C16H17ClN4. The Labute approximate surface area is 130 Å². The minimum absolute atomic E-state index is 0.182. The number of hydrogen-bond donors (Lipinski definition) is 0. The Morgan fingerprint density at radius 3 is 2.52 bits per heavy atom. The second-order valence-electron chi connectivity index (χ2n) is 5.16. The Balaban J connectivity index is 2.58. The van der Waals surface area contributed by atoms with Crippen molar-refractivity contribution in [3.63, 3.8) is 0 Å². The monoisotopic (exact) mass is 300 g/mol. The highest BCUT2D eigenvalue weighted by atomic mass is 35.5. The molecule has 0 fully saturated rings. The number of aromatic nitrogens is 2. The summed E-state index contributed by atoms with van der Waals surface area (Å²) >= 11 is 6.23. The topological polar surface area (TPSA) is 52.8 Å². The number of para-hydroxylation sites is 1. The van der Waals surface area contributed by atoms with Crippen LogP contribution >= 0.6 is 11.6 Å². The second kappa shape index (κ2) is 6.11. The predicted octanol–water partition coefficient (Wildman–Crippen LogP) is 4.20. The van der Waals surface area contributed by atoms with Crippen LogP contribution in [-0.2, 0) is 0 Å². The number of halogens is 1. The van der Waals surface area contributed by atoms with Crippen molar-refractivity contribution in [1.29, 1.82) is 5.26 Å². The van der Waals surface area contributed by atoms with E-state index >= 15 is 0 Å². The highest BCUT2D eigenvalue weighted by Crippen LogP contribution is 2.31. The summed E-state index contributed by atoms with van der Waals surface area (Å²) in [6.07, 6.45) is 0. The summed E-state index contributed by atoms with van der Waals surface area (Å²) in [5, 5.41) is 9.69. The van der Waals surface area contributed by atoms with Crippen molar-refractivity contribution in [2.75, 3.05) is 11.9 Å². The maximum Gasteiger partial charge on any atom is 0.140 e. The maximum absolute atomic E-state index is 9.25. The molecule has 0 bridgehead atoms. The molecule has 0 amide bonds. The lowest BCUT2D eigenvalue weighted by Crippen LogP contribution is -2.16. The molecule has 1 aromatic carbocycles. The number of nitriles is 1. The molecule has 0 aliphatic heterocycles. The Kier molecular flexibility index (Phi) is 4.44. The van der Waals surface area contributed by atoms with Gasteiger partial charge in [-0.25, -0.2) is 9.97 Å². The van der Waals surface area contributed by atoms with Gasteiger partial charge in [0.15, 0.2) is 0 Å². The first-order chi connectivity index (χ1) is 9.95. The first-order valence-corrected chi connectivity index (χ1v) is 7.10. The van der Waals surface area contributed by atoms with Crippen molar-refractivity contribution in [1.82, 2.24) is 9.97 Å². The van der Waals surface area contributed by atoms with E-state index in [1.807, 2.05) is 50.9 Å². The zero-order chi connectivity index (χ0) is 15.6. The van der Waals surface area contributed by atoms with E-state index in [0.717, 1.165) is 17.1 Å². The lowest BCUT2D eigenvalue weighted by Gasteiger charge is -2.22. The molecule has 108 valence electrons. The van der Waals surface area contributed by atoms with Crippen molar-refractivity contribution in [3.8, 4) is 6.07 Å². The van der Waals surface area contributed by atoms with Crippen LogP contribution in [0, 0.1) is 18.3 Å². The lowest BCUT2D eigenvalue weighted by molar-refractivity contribution is 0.769. The van der Waals surface area contributed by atoms with Crippen LogP contribution < -0.4 is 4.90 Å². The molecule has 0 unspecified atom stereocenters. The number of anilines is 2. The summed E-state index contributed by atoms with van der Waals surface area (Å²) in [4.78, 5) is 10.8. The summed E-state index contributed by atoms with van der Waals surface area (Å²) < 4.78 is 0. The first-order valence-electron chi connectivity index (χ1n) is 6.72. The molecule has 0 saturated carbocycles. The molecule has 0 spiro atoms. The summed E-state index contributed by atoms with van der Waals surface area (Å²) in [6.45, 7) is 5.93. The van der Waals surface area contributed by atoms with Crippen molar-refractivity contribution >= 4 is 23.1 Å². The number of nitrogens with zero attached hydrogens (tertiary/aromatic N) is 4. The number of benzene rings is 1. The highest BCUT2D eigenvalue weighted by Gasteiger charge is 2.17. The third-order valence-corrected chi connectivity index (χ3v) is 3.67. The minimum atomic E-state index is 0.182. The molecule has 5 heteroatoms. The fourth-order valence-electron chi connectivity index (χ4n) is 2.05. The average Bonchev–Trinajstić information content (AvgIpc) is 2.48. The molecule has 0 aliphatic rings. The van der Waals surface area contributed by atoms with Gasteiger partial charge >= 0.3 is 0 Å². The van der Waals surface area contributed by atoms with Gasteiger partial charge in [-0.1, -0.05) is 37.6 Å². The van der Waals surface area contributed by atoms with E-state index in [4.69, 9.17) is 11.6 Å². The quantitative estimate of drug-likeness (QED) is 0.797. The van der Waals surface area contributed by atoms with Crippen LogP contribution in [0.3, 0.4) is 0 Å². The third kappa shape index (κ3) is 2.98. The van der Waals surface area contributed by atoms with Gasteiger partial charge in [0, 0.05) is 18.5 Å². The van der Waals surface area contributed by atoms with Crippen LogP contribution in [0.2, 0.25) is 5.15 Å². The maximum atomic E-state index is 9.25. The Hall–Kier alpha value is -2.12. The van der Waals surface area contributed by atoms with Gasteiger partial charge in [-0.3, -0.25) is 0 Å². The molecule has 0 aliphatic carbocycles. The molecule has 1 heterocycles. The van der Waals surface area contributed by atoms with E-state index in [9.17, 15) is 5.26 Å². The molecule has 0 N–H and O–H groups in total. The average molecular weight is 301 g/mol.